The summed E-state index contributed by atoms with van der Waals surface area (Å²) in [4.78, 5) is 0. The molecule has 0 aliphatic carbocycles. The van der Waals surface area contributed by atoms with E-state index in [1.165, 1.54) is 5.56 Å². The van der Waals surface area contributed by atoms with Crippen LogP contribution in [0.1, 0.15) is 30.3 Å². The van der Waals surface area contributed by atoms with Gasteiger partial charge in [-0.25, -0.2) is 4.68 Å². The van der Waals surface area contributed by atoms with Crippen molar-refractivity contribution in [1.82, 2.24) is 15.0 Å². The van der Waals surface area contributed by atoms with Crippen molar-refractivity contribution in [1.29, 1.82) is 0 Å². The van der Waals surface area contributed by atoms with Gasteiger partial charge < -0.3 is 0 Å². The standard InChI is InChI=1S/C13H16ClN3/c1-3-6-13-11(9-14)15-16-17(13)12-8-5-4-7-10(12)2/h4-5,7-8H,3,6,9H2,1-2H3. The number of aromatic nitrogens is 3. The summed E-state index contributed by atoms with van der Waals surface area (Å²) in [5.74, 6) is 0.418. The quantitative estimate of drug-likeness (QED) is 0.779. The number of hydrogen-bond acceptors (Lipinski definition) is 2. The van der Waals surface area contributed by atoms with E-state index in [1.54, 1.807) is 0 Å². The zero-order valence-electron chi connectivity index (χ0n) is 10.2. The second-order valence-corrected chi connectivity index (χ2v) is 4.33. The second kappa shape index (κ2) is 5.32. The molecule has 17 heavy (non-hydrogen) atoms. The number of benzene rings is 1. The highest BCUT2D eigenvalue weighted by Crippen LogP contribution is 2.18. The third-order valence-electron chi connectivity index (χ3n) is 2.80. The Morgan fingerprint density at radius 1 is 1.29 bits per heavy atom. The van der Waals surface area contributed by atoms with Crippen LogP contribution in [0.25, 0.3) is 5.69 Å². The Morgan fingerprint density at radius 3 is 2.71 bits per heavy atom. The summed E-state index contributed by atoms with van der Waals surface area (Å²) >= 11 is 5.89. The molecule has 0 atom stereocenters. The molecule has 2 rings (SSSR count). The number of aryl methyl sites for hydroxylation is 1. The highest BCUT2D eigenvalue weighted by molar-refractivity contribution is 6.16. The Kier molecular flexibility index (Phi) is 3.79. The van der Waals surface area contributed by atoms with Crippen molar-refractivity contribution < 1.29 is 0 Å². The van der Waals surface area contributed by atoms with Gasteiger partial charge in [0.05, 0.1) is 17.3 Å². The molecular weight excluding hydrogens is 234 g/mol. The highest BCUT2D eigenvalue weighted by atomic mass is 35.5. The molecule has 2 aromatic rings. The Labute approximate surface area is 106 Å². The minimum Gasteiger partial charge on any atom is -0.217 e. The Hall–Kier alpha value is -1.35. The molecule has 0 spiro atoms. The largest absolute Gasteiger partial charge is 0.217 e. The molecule has 1 aromatic heterocycles. The van der Waals surface area contributed by atoms with Crippen molar-refractivity contribution >= 4 is 11.6 Å². The van der Waals surface area contributed by atoms with Gasteiger partial charge in [-0.2, -0.15) is 0 Å². The molecule has 0 aliphatic heterocycles. The maximum atomic E-state index is 5.89. The van der Waals surface area contributed by atoms with Crippen molar-refractivity contribution in [2.75, 3.05) is 0 Å². The van der Waals surface area contributed by atoms with Gasteiger partial charge in [-0.3, -0.25) is 0 Å². The van der Waals surface area contributed by atoms with E-state index in [1.807, 2.05) is 16.8 Å². The SMILES string of the molecule is CCCc1c(CCl)nnn1-c1ccccc1C. The monoisotopic (exact) mass is 249 g/mol. The topological polar surface area (TPSA) is 30.7 Å². The van der Waals surface area contributed by atoms with Gasteiger partial charge in [-0.05, 0) is 25.0 Å². The molecule has 0 bridgehead atoms. The van der Waals surface area contributed by atoms with Crippen LogP contribution in [0.4, 0.5) is 0 Å². The maximum Gasteiger partial charge on any atom is 0.101 e. The van der Waals surface area contributed by atoms with Crippen molar-refractivity contribution in [2.45, 2.75) is 32.6 Å². The average Bonchev–Trinajstić information content (AvgIpc) is 2.73. The number of alkyl halides is 1. The van der Waals surface area contributed by atoms with Gasteiger partial charge in [0.15, 0.2) is 0 Å². The fraction of sp³-hybridized carbons (Fsp3) is 0.385. The van der Waals surface area contributed by atoms with Crippen molar-refractivity contribution in [3.8, 4) is 5.69 Å². The minimum absolute atomic E-state index is 0.418. The predicted octanol–water partition coefficient (Wildman–Crippen LogP) is 3.27. The van der Waals surface area contributed by atoms with Crippen LogP contribution in [0.3, 0.4) is 0 Å². The third kappa shape index (κ3) is 2.34. The second-order valence-electron chi connectivity index (χ2n) is 4.06. The van der Waals surface area contributed by atoms with Crippen LogP contribution >= 0.6 is 11.6 Å². The number of halogens is 1. The molecule has 0 fully saturated rings. The summed E-state index contributed by atoms with van der Waals surface area (Å²) in [6.45, 7) is 4.22. The van der Waals surface area contributed by atoms with Crippen molar-refractivity contribution in [3.05, 3.63) is 41.2 Å². The van der Waals surface area contributed by atoms with E-state index in [4.69, 9.17) is 11.6 Å². The van der Waals surface area contributed by atoms with Crippen LogP contribution in [0.5, 0.6) is 0 Å². The van der Waals surface area contributed by atoms with Crippen LogP contribution < -0.4 is 0 Å². The number of hydrogen-bond donors (Lipinski definition) is 0. The van der Waals surface area contributed by atoms with Gasteiger partial charge in [0.1, 0.15) is 5.69 Å². The number of nitrogens with zero attached hydrogens (tertiary/aromatic N) is 3. The summed E-state index contributed by atoms with van der Waals surface area (Å²) in [6, 6.07) is 8.17. The lowest BCUT2D eigenvalue weighted by Crippen LogP contribution is -2.05. The highest BCUT2D eigenvalue weighted by Gasteiger charge is 2.13. The van der Waals surface area contributed by atoms with Gasteiger partial charge in [0, 0.05) is 0 Å². The summed E-state index contributed by atoms with van der Waals surface area (Å²) in [5.41, 5.74) is 4.28. The fourth-order valence-electron chi connectivity index (χ4n) is 1.92. The molecule has 4 heteroatoms. The molecule has 0 radical (unpaired) electrons. The van der Waals surface area contributed by atoms with E-state index in [9.17, 15) is 0 Å². The molecule has 0 saturated heterocycles. The molecule has 3 nitrogen and oxygen atoms in total. The summed E-state index contributed by atoms with van der Waals surface area (Å²) < 4.78 is 1.91. The van der Waals surface area contributed by atoms with Gasteiger partial charge >= 0.3 is 0 Å². The smallest absolute Gasteiger partial charge is 0.101 e. The lowest BCUT2D eigenvalue weighted by Gasteiger charge is -2.08. The molecule has 1 aromatic carbocycles. The van der Waals surface area contributed by atoms with Crippen LogP contribution in [0.2, 0.25) is 0 Å². The van der Waals surface area contributed by atoms with E-state index in [0.717, 1.165) is 29.9 Å². The summed E-state index contributed by atoms with van der Waals surface area (Å²) in [7, 11) is 0. The van der Waals surface area contributed by atoms with Gasteiger partial charge in [-0.15, -0.1) is 16.7 Å². The first kappa shape index (κ1) is 12.1. The number of rotatable bonds is 4. The zero-order valence-corrected chi connectivity index (χ0v) is 10.9. The lowest BCUT2D eigenvalue weighted by molar-refractivity contribution is 0.742. The van der Waals surface area contributed by atoms with Crippen molar-refractivity contribution in [2.24, 2.45) is 0 Å². The Balaban J connectivity index is 2.52. The summed E-state index contributed by atoms with van der Waals surface area (Å²) in [5, 5.41) is 8.37. The number of para-hydroxylation sites is 1. The van der Waals surface area contributed by atoms with Gasteiger partial charge in [-0.1, -0.05) is 36.8 Å². The molecule has 0 aliphatic rings. The van der Waals surface area contributed by atoms with E-state index in [0.29, 0.717) is 5.88 Å². The molecule has 1 heterocycles. The molecule has 90 valence electrons. The molecule has 0 N–H and O–H groups in total. The zero-order chi connectivity index (χ0) is 12.3. The molecular formula is C13H16ClN3. The fourth-order valence-corrected chi connectivity index (χ4v) is 2.13. The first-order valence-electron chi connectivity index (χ1n) is 5.83. The van der Waals surface area contributed by atoms with Crippen LogP contribution in [0, 0.1) is 6.92 Å². The summed E-state index contributed by atoms with van der Waals surface area (Å²) in [6.07, 6.45) is 2.01. The first-order valence-corrected chi connectivity index (χ1v) is 6.36. The van der Waals surface area contributed by atoms with Crippen LogP contribution in [0.15, 0.2) is 24.3 Å². The van der Waals surface area contributed by atoms with E-state index in [2.05, 4.69) is 36.3 Å². The molecule has 0 unspecified atom stereocenters. The lowest BCUT2D eigenvalue weighted by atomic mass is 10.1. The van der Waals surface area contributed by atoms with E-state index >= 15 is 0 Å². The average molecular weight is 250 g/mol. The van der Waals surface area contributed by atoms with E-state index in [-0.39, 0.29) is 0 Å². The van der Waals surface area contributed by atoms with Gasteiger partial charge in [0.25, 0.3) is 0 Å². The molecule has 0 saturated carbocycles. The van der Waals surface area contributed by atoms with Crippen molar-refractivity contribution in [3.63, 3.8) is 0 Å². The predicted molar refractivity (Wildman–Crippen MR) is 69.6 cm³/mol. The maximum absolute atomic E-state index is 5.89. The first-order chi connectivity index (χ1) is 8.27. The van der Waals surface area contributed by atoms with Crippen LogP contribution in [-0.2, 0) is 12.3 Å². The normalized spacial score (nSPS) is 10.8. The minimum atomic E-state index is 0.418. The Bertz CT molecular complexity index is 505. The van der Waals surface area contributed by atoms with E-state index < -0.39 is 0 Å². The van der Waals surface area contributed by atoms with Gasteiger partial charge in [0.2, 0.25) is 0 Å². The van der Waals surface area contributed by atoms with Crippen LogP contribution in [-0.4, -0.2) is 15.0 Å². The Morgan fingerprint density at radius 2 is 2.06 bits per heavy atom. The molecule has 0 amide bonds. The third-order valence-corrected chi connectivity index (χ3v) is 3.05.